The van der Waals surface area contributed by atoms with Crippen molar-refractivity contribution in [3.8, 4) is 11.3 Å². The van der Waals surface area contributed by atoms with Gasteiger partial charge in [0, 0.05) is 18.3 Å². The van der Waals surface area contributed by atoms with Crippen molar-refractivity contribution in [2.24, 2.45) is 5.92 Å². The van der Waals surface area contributed by atoms with Gasteiger partial charge in [0.2, 0.25) is 5.91 Å². The number of rotatable bonds is 5. The van der Waals surface area contributed by atoms with Crippen LogP contribution in [-0.2, 0) is 4.79 Å². The van der Waals surface area contributed by atoms with Crippen LogP contribution >= 0.6 is 0 Å². The van der Waals surface area contributed by atoms with E-state index in [1.807, 2.05) is 30.3 Å². The second kappa shape index (κ2) is 6.57. The molecule has 0 radical (unpaired) electrons. The summed E-state index contributed by atoms with van der Waals surface area (Å²) in [5.41, 5.74) is 2.90. The van der Waals surface area contributed by atoms with Gasteiger partial charge in [-0.05, 0) is 36.1 Å². The second-order valence-corrected chi connectivity index (χ2v) is 5.79. The van der Waals surface area contributed by atoms with Gasteiger partial charge in [-0.15, -0.1) is 0 Å². The maximum absolute atomic E-state index is 12.0. The lowest BCUT2D eigenvalue weighted by molar-refractivity contribution is -0.116. The van der Waals surface area contributed by atoms with Crippen LogP contribution in [0.4, 0.5) is 5.69 Å². The van der Waals surface area contributed by atoms with Gasteiger partial charge >= 0.3 is 0 Å². The average Bonchev–Trinajstić information content (AvgIpc) is 3.19. The Morgan fingerprint density at radius 1 is 1.19 bits per heavy atom. The first-order valence-corrected chi connectivity index (χ1v) is 7.71. The number of anilines is 1. The highest BCUT2D eigenvalue weighted by atomic mass is 16.1. The lowest BCUT2D eigenvalue weighted by Crippen LogP contribution is -2.12. The van der Waals surface area contributed by atoms with Gasteiger partial charge < -0.3 is 5.32 Å². The van der Waals surface area contributed by atoms with Crippen LogP contribution < -0.4 is 5.32 Å². The number of carbonyl (C=O) groups excluding carboxylic acids is 1. The van der Waals surface area contributed by atoms with Crippen LogP contribution in [-0.4, -0.2) is 16.1 Å². The zero-order valence-corrected chi connectivity index (χ0v) is 12.1. The second-order valence-electron chi connectivity index (χ2n) is 5.79. The third-order valence-corrected chi connectivity index (χ3v) is 4.23. The first kappa shape index (κ1) is 13.9. The Morgan fingerprint density at radius 2 is 1.95 bits per heavy atom. The third kappa shape index (κ3) is 3.72. The number of H-pyrrole nitrogens is 1. The molecule has 3 rings (SSSR count). The summed E-state index contributed by atoms with van der Waals surface area (Å²) in [6, 6.07) is 9.77. The van der Waals surface area contributed by atoms with E-state index in [9.17, 15) is 4.79 Å². The minimum absolute atomic E-state index is 0.121. The predicted octanol–water partition coefficient (Wildman–Crippen LogP) is 3.99. The van der Waals surface area contributed by atoms with E-state index in [1.165, 1.54) is 25.7 Å². The molecular weight excluding hydrogens is 262 g/mol. The molecule has 110 valence electrons. The number of carbonyl (C=O) groups is 1. The van der Waals surface area contributed by atoms with Crippen molar-refractivity contribution in [1.29, 1.82) is 0 Å². The SMILES string of the molecule is O=C(CCC1CCCC1)Nc1ccc(-c2ccn[nH]2)cc1. The van der Waals surface area contributed by atoms with Crippen molar-refractivity contribution in [2.45, 2.75) is 38.5 Å². The quantitative estimate of drug-likeness (QED) is 0.871. The van der Waals surface area contributed by atoms with Crippen LogP contribution in [0.3, 0.4) is 0 Å². The standard InChI is InChI=1S/C17H21N3O/c21-17(10-5-13-3-1-2-4-13)19-15-8-6-14(7-9-15)16-11-12-18-20-16/h6-9,11-13H,1-5,10H2,(H,18,20)(H,19,21). The Morgan fingerprint density at radius 3 is 2.62 bits per heavy atom. The van der Waals surface area contributed by atoms with Crippen molar-refractivity contribution >= 4 is 11.6 Å². The molecule has 0 aliphatic heterocycles. The van der Waals surface area contributed by atoms with Crippen molar-refractivity contribution in [2.75, 3.05) is 5.32 Å². The van der Waals surface area contributed by atoms with Gasteiger partial charge in [-0.2, -0.15) is 5.10 Å². The van der Waals surface area contributed by atoms with E-state index in [0.29, 0.717) is 6.42 Å². The van der Waals surface area contributed by atoms with Gasteiger partial charge in [-0.25, -0.2) is 0 Å². The summed E-state index contributed by atoms with van der Waals surface area (Å²) in [6.45, 7) is 0. The van der Waals surface area contributed by atoms with Gasteiger partial charge in [0.25, 0.3) is 0 Å². The fourth-order valence-corrected chi connectivity index (χ4v) is 3.01. The maximum Gasteiger partial charge on any atom is 0.224 e. The molecule has 1 aromatic heterocycles. The molecule has 1 saturated carbocycles. The van der Waals surface area contributed by atoms with Gasteiger partial charge in [0.1, 0.15) is 0 Å². The summed E-state index contributed by atoms with van der Waals surface area (Å²) >= 11 is 0. The highest BCUT2D eigenvalue weighted by Gasteiger charge is 2.16. The largest absolute Gasteiger partial charge is 0.326 e. The van der Waals surface area contributed by atoms with Crippen LogP contribution in [0.1, 0.15) is 38.5 Å². The van der Waals surface area contributed by atoms with E-state index in [4.69, 9.17) is 0 Å². The minimum atomic E-state index is 0.121. The Hall–Kier alpha value is -2.10. The van der Waals surface area contributed by atoms with Crippen molar-refractivity contribution in [3.63, 3.8) is 0 Å². The molecule has 1 aliphatic rings. The van der Waals surface area contributed by atoms with E-state index in [1.54, 1.807) is 6.20 Å². The molecule has 21 heavy (non-hydrogen) atoms. The first-order chi connectivity index (χ1) is 10.3. The number of nitrogens with zero attached hydrogens (tertiary/aromatic N) is 1. The number of amides is 1. The summed E-state index contributed by atoms with van der Waals surface area (Å²) in [4.78, 5) is 12.0. The molecule has 0 bridgehead atoms. The molecule has 1 heterocycles. The number of nitrogens with one attached hydrogen (secondary N) is 2. The van der Waals surface area contributed by atoms with Crippen LogP contribution in [0.2, 0.25) is 0 Å². The van der Waals surface area contributed by atoms with Crippen LogP contribution in [0.15, 0.2) is 36.5 Å². The normalized spacial score (nSPS) is 15.2. The van der Waals surface area contributed by atoms with Crippen LogP contribution in [0.25, 0.3) is 11.3 Å². The minimum Gasteiger partial charge on any atom is -0.326 e. The van der Waals surface area contributed by atoms with E-state index >= 15 is 0 Å². The Kier molecular flexibility index (Phi) is 4.34. The molecule has 0 spiro atoms. The number of aromatic amines is 1. The van der Waals surface area contributed by atoms with Crippen molar-refractivity contribution < 1.29 is 4.79 Å². The van der Waals surface area contributed by atoms with Crippen molar-refractivity contribution in [3.05, 3.63) is 36.5 Å². The fourth-order valence-electron chi connectivity index (χ4n) is 3.01. The fraction of sp³-hybridized carbons (Fsp3) is 0.412. The van der Waals surface area contributed by atoms with Gasteiger partial charge in [-0.1, -0.05) is 37.8 Å². The highest BCUT2D eigenvalue weighted by Crippen LogP contribution is 2.28. The molecule has 1 aromatic carbocycles. The molecule has 0 unspecified atom stereocenters. The van der Waals surface area contributed by atoms with E-state index < -0.39 is 0 Å². The zero-order chi connectivity index (χ0) is 14.5. The van der Waals surface area contributed by atoms with Crippen LogP contribution in [0.5, 0.6) is 0 Å². The molecule has 2 N–H and O–H groups in total. The number of hydrogen-bond donors (Lipinski definition) is 2. The molecule has 4 heteroatoms. The van der Waals surface area contributed by atoms with Gasteiger partial charge in [0.15, 0.2) is 0 Å². The van der Waals surface area contributed by atoms with Crippen LogP contribution in [0, 0.1) is 5.92 Å². The monoisotopic (exact) mass is 283 g/mol. The molecule has 1 amide bonds. The summed E-state index contributed by atoms with van der Waals surface area (Å²) in [6.07, 6.45) is 8.65. The van der Waals surface area contributed by atoms with E-state index in [0.717, 1.165) is 29.3 Å². The molecule has 1 fully saturated rings. The van der Waals surface area contributed by atoms with Crippen molar-refractivity contribution in [1.82, 2.24) is 10.2 Å². The van der Waals surface area contributed by atoms with Gasteiger partial charge in [0.05, 0.1) is 5.69 Å². The molecule has 0 saturated heterocycles. The highest BCUT2D eigenvalue weighted by molar-refractivity contribution is 5.90. The summed E-state index contributed by atoms with van der Waals surface area (Å²) in [7, 11) is 0. The zero-order valence-electron chi connectivity index (χ0n) is 12.1. The molecule has 0 atom stereocenters. The third-order valence-electron chi connectivity index (χ3n) is 4.23. The smallest absolute Gasteiger partial charge is 0.224 e. The summed E-state index contributed by atoms with van der Waals surface area (Å²) < 4.78 is 0. The number of hydrogen-bond acceptors (Lipinski definition) is 2. The maximum atomic E-state index is 12.0. The topological polar surface area (TPSA) is 57.8 Å². The summed E-state index contributed by atoms with van der Waals surface area (Å²) in [5.74, 6) is 0.884. The first-order valence-electron chi connectivity index (χ1n) is 7.71. The Labute approximate surface area is 125 Å². The van der Waals surface area contributed by atoms with Gasteiger partial charge in [-0.3, -0.25) is 9.89 Å². The number of aromatic nitrogens is 2. The van der Waals surface area contributed by atoms with E-state index in [-0.39, 0.29) is 5.91 Å². The lowest BCUT2D eigenvalue weighted by Gasteiger charge is -2.09. The average molecular weight is 283 g/mol. The summed E-state index contributed by atoms with van der Waals surface area (Å²) in [5, 5.41) is 9.84. The Bertz CT molecular complexity index is 569. The molecule has 1 aliphatic carbocycles. The molecule has 2 aromatic rings. The molecule has 4 nitrogen and oxygen atoms in total. The Balaban J connectivity index is 1.51. The lowest BCUT2D eigenvalue weighted by atomic mass is 10.0. The predicted molar refractivity (Wildman–Crippen MR) is 83.8 cm³/mol. The van der Waals surface area contributed by atoms with E-state index in [2.05, 4.69) is 15.5 Å². The number of benzene rings is 1. The molecular formula is C17H21N3O.